The molecule has 0 unspecified atom stereocenters. The van der Waals surface area contributed by atoms with Crippen molar-refractivity contribution in [2.24, 2.45) is 0 Å². The van der Waals surface area contributed by atoms with Gasteiger partial charge in [-0.25, -0.2) is 0 Å². The number of piperidine rings is 1. The van der Waals surface area contributed by atoms with Crippen LogP contribution in [0, 0.1) is 34.6 Å². The number of anilines is 1. The maximum absolute atomic E-state index is 6.69. The first-order valence-corrected chi connectivity index (χ1v) is 12.9. The van der Waals surface area contributed by atoms with Crippen molar-refractivity contribution in [3.63, 3.8) is 0 Å². The number of ether oxygens (including phenoxy) is 1. The van der Waals surface area contributed by atoms with E-state index in [1.165, 1.54) is 63.0 Å². The predicted molar refractivity (Wildman–Crippen MR) is 144 cm³/mol. The fraction of sp³-hybridized carbons (Fsp3) is 0.438. The molecule has 0 bridgehead atoms. The molecule has 2 heterocycles. The fourth-order valence-corrected chi connectivity index (χ4v) is 6.35. The van der Waals surface area contributed by atoms with Crippen molar-refractivity contribution in [1.29, 1.82) is 0 Å². The highest BCUT2D eigenvalue weighted by molar-refractivity contribution is 5.72. The SMILES string of the molecule is Cc1ccc(C2CCN(c3c(C)c(C)c4c(c3C)[C@@H](c3ccc(C)cc3)C(C)(C)O4)CC2)cc1. The minimum Gasteiger partial charge on any atom is -0.486 e. The van der Waals surface area contributed by atoms with Gasteiger partial charge in [0.15, 0.2) is 0 Å². The second kappa shape index (κ2) is 8.48. The van der Waals surface area contributed by atoms with Gasteiger partial charge in [-0.2, -0.15) is 0 Å². The molecule has 3 aromatic carbocycles. The lowest BCUT2D eigenvalue weighted by atomic mass is 9.78. The molecular weight excluding hydrogens is 414 g/mol. The number of hydrogen-bond acceptors (Lipinski definition) is 2. The Labute approximate surface area is 206 Å². The summed E-state index contributed by atoms with van der Waals surface area (Å²) in [6, 6.07) is 18.2. The van der Waals surface area contributed by atoms with Crippen LogP contribution in [0.15, 0.2) is 48.5 Å². The van der Waals surface area contributed by atoms with Crippen LogP contribution in [-0.2, 0) is 0 Å². The monoisotopic (exact) mass is 453 g/mol. The van der Waals surface area contributed by atoms with Crippen LogP contribution in [0.25, 0.3) is 0 Å². The maximum atomic E-state index is 6.69. The van der Waals surface area contributed by atoms with Crippen molar-refractivity contribution in [3.05, 3.63) is 93.0 Å². The van der Waals surface area contributed by atoms with Gasteiger partial charge in [0.1, 0.15) is 11.4 Å². The number of benzene rings is 3. The molecule has 2 nitrogen and oxygen atoms in total. The molecule has 0 saturated carbocycles. The zero-order valence-electron chi connectivity index (χ0n) is 22.0. The highest BCUT2D eigenvalue weighted by Crippen LogP contribution is 2.54. The third kappa shape index (κ3) is 3.82. The van der Waals surface area contributed by atoms with Gasteiger partial charge in [-0.15, -0.1) is 0 Å². The minimum absolute atomic E-state index is 0.242. The van der Waals surface area contributed by atoms with Gasteiger partial charge in [0, 0.05) is 24.3 Å². The molecule has 0 amide bonds. The smallest absolute Gasteiger partial charge is 0.127 e. The Balaban J connectivity index is 1.51. The van der Waals surface area contributed by atoms with E-state index < -0.39 is 0 Å². The summed E-state index contributed by atoms with van der Waals surface area (Å²) in [5, 5.41) is 0. The second-order valence-corrected chi connectivity index (χ2v) is 11.2. The summed E-state index contributed by atoms with van der Waals surface area (Å²) in [6.07, 6.45) is 2.42. The van der Waals surface area contributed by atoms with Crippen molar-refractivity contribution in [3.8, 4) is 5.75 Å². The standard InChI is InChI=1S/C32H39NO/c1-20-8-12-25(13-9-20)26-16-18-33(19-17-26)30-22(3)23(4)31-28(24(30)5)29(32(6,7)34-31)27-14-10-21(2)11-15-27/h8-15,26,29H,16-19H2,1-7H3/t29-/m1/s1. The number of rotatable bonds is 3. The van der Waals surface area contributed by atoms with Crippen LogP contribution < -0.4 is 9.64 Å². The maximum Gasteiger partial charge on any atom is 0.127 e. The van der Waals surface area contributed by atoms with Gasteiger partial charge in [0.05, 0.1) is 5.92 Å². The van der Waals surface area contributed by atoms with Gasteiger partial charge < -0.3 is 9.64 Å². The molecule has 3 aromatic rings. The molecule has 0 radical (unpaired) electrons. The Morgan fingerprint density at radius 1 is 0.706 bits per heavy atom. The van der Waals surface area contributed by atoms with Gasteiger partial charge in [-0.05, 0) is 95.0 Å². The third-order valence-electron chi connectivity index (χ3n) is 8.38. The van der Waals surface area contributed by atoms with Crippen LogP contribution >= 0.6 is 0 Å². The first-order chi connectivity index (χ1) is 16.2. The average Bonchev–Trinajstić information content (AvgIpc) is 3.11. The Kier molecular flexibility index (Phi) is 5.74. The van der Waals surface area contributed by atoms with Gasteiger partial charge >= 0.3 is 0 Å². The Morgan fingerprint density at radius 3 is 1.79 bits per heavy atom. The van der Waals surface area contributed by atoms with Gasteiger partial charge in [-0.1, -0.05) is 59.7 Å². The molecule has 0 N–H and O–H groups in total. The molecule has 5 rings (SSSR count). The number of fused-ring (bicyclic) bond motifs is 1. The summed E-state index contributed by atoms with van der Waals surface area (Å²) in [4.78, 5) is 2.65. The van der Waals surface area contributed by atoms with Crippen LogP contribution in [0.2, 0.25) is 0 Å². The van der Waals surface area contributed by atoms with Crippen molar-refractivity contribution in [1.82, 2.24) is 0 Å². The summed E-state index contributed by atoms with van der Waals surface area (Å²) < 4.78 is 6.69. The van der Waals surface area contributed by atoms with Crippen molar-refractivity contribution >= 4 is 5.69 Å². The zero-order chi connectivity index (χ0) is 24.2. The van der Waals surface area contributed by atoms with Crippen LogP contribution in [0.4, 0.5) is 5.69 Å². The van der Waals surface area contributed by atoms with E-state index in [4.69, 9.17) is 4.74 Å². The van der Waals surface area contributed by atoms with Crippen LogP contribution in [0.1, 0.15) is 83.0 Å². The Bertz CT molecular complexity index is 1200. The minimum atomic E-state index is -0.267. The average molecular weight is 454 g/mol. The summed E-state index contributed by atoms with van der Waals surface area (Å²) in [6.45, 7) is 17.9. The normalized spacial score (nSPS) is 19.7. The van der Waals surface area contributed by atoms with Crippen molar-refractivity contribution in [2.45, 2.75) is 78.7 Å². The lowest BCUT2D eigenvalue weighted by Gasteiger charge is -2.37. The van der Waals surface area contributed by atoms with E-state index in [1.54, 1.807) is 0 Å². The summed E-state index contributed by atoms with van der Waals surface area (Å²) >= 11 is 0. The number of aryl methyl sites for hydroxylation is 2. The highest BCUT2D eigenvalue weighted by atomic mass is 16.5. The van der Waals surface area contributed by atoms with E-state index in [9.17, 15) is 0 Å². The lowest BCUT2D eigenvalue weighted by molar-refractivity contribution is 0.121. The molecule has 1 saturated heterocycles. The van der Waals surface area contributed by atoms with Crippen molar-refractivity contribution in [2.75, 3.05) is 18.0 Å². The summed E-state index contributed by atoms with van der Waals surface area (Å²) in [7, 11) is 0. The van der Waals surface area contributed by atoms with Crippen LogP contribution in [0.5, 0.6) is 5.75 Å². The summed E-state index contributed by atoms with van der Waals surface area (Å²) in [5.41, 5.74) is 12.2. The predicted octanol–water partition coefficient (Wildman–Crippen LogP) is 7.92. The van der Waals surface area contributed by atoms with Crippen LogP contribution in [0.3, 0.4) is 0 Å². The molecule has 0 aromatic heterocycles. The van der Waals surface area contributed by atoms with Crippen molar-refractivity contribution < 1.29 is 4.74 Å². The van der Waals surface area contributed by atoms with E-state index in [-0.39, 0.29) is 11.5 Å². The van der Waals surface area contributed by atoms with Gasteiger partial charge in [-0.3, -0.25) is 0 Å². The van der Waals surface area contributed by atoms with E-state index >= 15 is 0 Å². The van der Waals surface area contributed by atoms with E-state index in [2.05, 4.69) is 102 Å². The molecule has 0 aliphatic carbocycles. The quantitative estimate of drug-likeness (QED) is 0.399. The molecule has 0 spiro atoms. The number of hydrogen-bond donors (Lipinski definition) is 0. The molecule has 178 valence electrons. The van der Waals surface area contributed by atoms with E-state index in [0.29, 0.717) is 5.92 Å². The molecule has 1 atom stereocenters. The van der Waals surface area contributed by atoms with E-state index in [0.717, 1.165) is 18.8 Å². The highest BCUT2D eigenvalue weighted by Gasteiger charge is 2.45. The summed E-state index contributed by atoms with van der Waals surface area (Å²) in [5.74, 6) is 2.02. The molecular formula is C32H39NO. The first kappa shape index (κ1) is 23.0. The zero-order valence-corrected chi connectivity index (χ0v) is 22.0. The fourth-order valence-electron chi connectivity index (χ4n) is 6.35. The Morgan fingerprint density at radius 2 is 1.24 bits per heavy atom. The Hall–Kier alpha value is -2.74. The largest absolute Gasteiger partial charge is 0.486 e. The second-order valence-electron chi connectivity index (χ2n) is 11.2. The molecule has 1 fully saturated rings. The molecule has 2 aliphatic heterocycles. The topological polar surface area (TPSA) is 12.5 Å². The molecule has 34 heavy (non-hydrogen) atoms. The third-order valence-corrected chi connectivity index (χ3v) is 8.38. The van der Waals surface area contributed by atoms with Crippen LogP contribution in [-0.4, -0.2) is 18.7 Å². The molecule has 2 heteroatoms. The first-order valence-electron chi connectivity index (χ1n) is 12.9. The lowest BCUT2D eigenvalue weighted by Crippen LogP contribution is -2.34. The van der Waals surface area contributed by atoms with Gasteiger partial charge in [0.2, 0.25) is 0 Å². The van der Waals surface area contributed by atoms with Gasteiger partial charge in [0.25, 0.3) is 0 Å². The molecule has 2 aliphatic rings. The number of nitrogens with zero attached hydrogens (tertiary/aromatic N) is 1. The van der Waals surface area contributed by atoms with E-state index in [1.807, 2.05) is 0 Å².